The SMILES string of the molecule is CN(C(=O)c1nc(NN)ccc1Cl)c1ccc(F)cc1. The molecule has 0 atom stereocenters. The first-order valence-electron chi connectivity index (χ1n) is 5.69. The fourth-order valence-corrected chi connectivity index (χ4v) is 1.80. The Morgan fingerprint density at radius 3 is 2.55 bits per heavy atom. The average Bonchev–Trinajstić information content (AvgIpc) is 2.47. The van der Waals surface area contributed by atoms with E-state index in [0.29, 0.717) is 11.5 Å². The maximum atomic E-state index is 12.9. The van der Waals surface area contributed by atoms with Crippen molar-refractivity contribution in [2.24, 2.45) is 5.84 Å². The van der Waals surface area contributed by atoms with Crippen LogP contribution >= 0.6 is 11.6 Å². The molecule has 0 aliphatic heterocycles. The number of pyridine rings is 1. The van der Waals surface area contributed by atoms with Crippen molar-refractivity contribution in [1.29, 1.82) is 0 Å². The van der Waals surface area contributed by atoms with Crippen molar-refractivity contribution in [3.8, 4) is 0 Å². The molecule has 1 aromatic carbocycles. The number of hydrogen-bond acceptors (Lipinski definition) is 4. The lowest BCUT2D eigenvalue weighted by Crippen LogP contribution is -2.27. The largest absolute Gasteiger partial charge is 0.310 e. The number of nitrogens with two attached hydrogens (primary N) is 1. The number of carbonyl (C=O) groups is 1. The Hall–Kier alpha value is -2.18. The van der Waals surface area contributed by atoms with Gasteiger partial charge in [0, 0.05) is 12.7 Å². The van der Waals surface area contributed by atoms with Gasteiger partial charge in [-0.15, -0.1) is 0 Å². The lowest BCUT2D eigenvalue weighted by Gasteiger charge is -2.17. The predicted octanol–water partition coefficient (Wildman–Crippen LogP) is 2.44. The highest BCUT2D eigenvalue weighted by Gasteiger charge is 2.18. The molecular weight excluding hydrogens is 283 g/mol. The first-order chi connectivity index (χ1) is 9.52. The number of amides is 1. The summed E-state index contributed by atoms with van der Waals surface area (Å²) >= 11 is 5.97. The average molecular weight is 295 g/mol. The van der Waals surface area contributed by atoms with E-state index >= 15 is 0 Å². The van der Waals surface area contributed by atoms with Gasteiger partial charge in [0.2, 0.25) is 0 Å². The van der Waals surface area contributed by atoms with E-state index in [4.69, 9.17) is 17.4 Å². The molecule has 0 fully saturated rings. The zero-order valence-corrected chi connectivity index (χ0v) is 11.4. The molecule has 5 nitrogen and oxygen atoms in total. The van der Waals surface area contributed by atoms with E-state index in [0.717, 1.165) is 0 Å². The smallest absolute Gasteiger partial charge is 0.278 e. The predicted molar refractivity (Wildman–Crippen MR) is 76.2 cm³/mol. The number of nitrogen functional groups attached to an aromatic ring is 1. The number of halogens is 2. The van der Waals surface area contributed by atoms with Crippen LogP contribution in [0.1, 0.15) is 10.5 Å². The summed E-state index contributed by atoms with van der Waals surface area (Å²) in [5.41, 5.74) is 2.94. The number of anilines is 2. The summed E-state index contributed by atoms with van der Waals surface area (Å²) in [6.45, 7) is 0. The van der Waals surface area contributed by atoms with E-state index in [2.05, 4.69) is 10.4 Å². The number of carbonyl (C=O) groups excluding carboxylic acids is 1. The second-order valence-electron chi connectivity index (χ2n) is 4.01. The van der Waals surface area contributed by atoms with E-state index in [-0.39, 0.29) is 16.5 Å². The highest BCUT2D eigenvalue weighted by molar-refractivity contribution is 6.34. The number of rotatable bonds is 3. The maximum absolute atomic E-state index is 12.9. The summed E-state index contributed by atoms with van der Waals surface area (Å²) in [6, 6.07) is 8.60. The Kier molecular flexibility index (Phi) is 4.16. The van der Waals surface area contributed by atoms with Gasteiger partial charge < -0.3 is 10.3 Å². The lowest BCUT2D eigenvalue weighted by molar-refractivity contribution is 0.0988. The zero-order valence-electron chi connectivity index (χ0n) is 10.6. The van der Waals surface area contributed by atoms with E-state index < -0.39 is 5.91 Å². The van der Waals surface area contributed by atoms with Gasteiger partial charge in [-0.3, -0.25) is 4.79 Å². The number of nitrogens with zero attached hydrogens (tertiary/aromatic N) is 2. The first kappa shape index (κ1) is 14.2. The van der Waals surface area contributed by atoms with E-state index in [9.17, 15) is 9.18 Å². The van der Waals surface area contributed by atoms with Crippen molar-refractivity contribution in [2.75, 3.05) is 17.4 Å². The Bertz CT molecular complexity index is 633. The van der Waals surface area contributed by atoms with E-state index in [1.54, 1.807) is 13.1 Å². The summed E-state index contributed by atoms with van der Waals surface area (Å²) < 4.78 is 12.9. The van der Waals surface area contributed by atoms with Gasteiger partial charge in [0.05, 0.1) is 5.02 Å². The minimum absolute atomic E-state index is 0.0638. The summed E-state index contributed by atoms with van der Waals surface area (Å²) in [7, 11) is 1.55. The van der Waals surface area contributed by atoms with Crippen LogP contribution in [0.4, 0.5) is 15.9 Å². The molecule has 0 bridgehead atoms. The number of aromatic nitrogens is 1. The van der Waals surface area contributed by atoms with Crippen molar-refractivity contribution in [3.05, 3.63) is 52.9 Å². The van der Waals surface area contributed by atoms with Crippen LogP contribution in [-0.2, 0) is 0 Å². The van der Waals surface area contributed by atoms with Gasteiger partial charge in [0.1, 0.15) is 17.3 Å². The van der Waals surface area contributed by atoms with Crippen LogP contribution in [0.5, 0.6) is 0 Å². The van der Waals surface area contributed by atoms with Crippen LogP contribution in [0.25, 0.3) is 0 Å². The summed E-state index contributed by atoms with van der Waals surface area (Å²) in [5.74, 6) is 4.78. The Morgan fingerprint density at radius 1 is 1.30 bits per heavy atom. The third-order valence-corrected chi connectivity index (χ3v) is 3.02. The van der Waals surface area contributed by atoms with Crippen LogP contribution < -0.4 is 16.2 Å². The van der Waals surface area contributed by atoms with Crippen LogP contribution in [0, 0.1) is 5.82 Å². The van der Waals surface area contributed by atoms with Gasteiger partial charge in [0.25, 0.3) is 5.91 Å². The minimum Gasteiger partial charge on any atom is -0.310 e. The molecular formula is C13H12ClFN4O. The van der Waals surface area contributed by atoms with E-state index in [1.807, 2.05) is 0 Å². The Morgan fingerprint density at radius 2 is 1.95 bits per heavy atom. The van der Waals surface area contributed by atoms with Crippen molar-refractivity contribution in [3.63, 3.8) is 0 Å². The molecule has 20 heavy (non-hydrogen) atoms. The van der Waals surface area contributed by atoms with Crippen LogP contribution in [0.3, 0.4) is 0 Å². The second-order valence-corrected chi connectivity index (χ2v) is 4.42. The maximum Gasteiger partial charge on any atom is 0.278 e. The molecule has 0 radical (unpaired) electrons. The van der Waals surface area contributed by atoms with Crippen molar-refractivity contribution < 1.29 is 9.18 Å². The van der Waals surface area contributed by atoms with Crippen LogP contribution in [-0.4, -0.2) is 17.9 Å². The standard InChI is InChI=1S/C13H12ClFN4O/c1-19(9-4-2-8(15)3-5-9)13(20)12-10(14)6-7-11(17-12)18-16/h2-7H,16H2,1H3,(H,17,18). The quantitative estimate of drug-likeness (QED) is 0.674. The van der Waals surface area contributed by atoms with Crippen molar-refractivity contribution >= 4 is 29.0 Å². The second kappa shape index (κ2) is 5.85. The minimum atomic E-state index is -0.418. The fraction of sp³-hybridized carbons (Fsp3) is 0.0769. The molecule has 0 spiro atoms. The lowest BCUT2D eigenvalue weighted by atomic mass is 10.2. The topological polar surface area (TPSA) is 71.2 Å². The van der Waals surface area contributed by atoms with Gasteiger partial charge >= 0.3 is 0 Å². The third kappa shape index (κ3) is 2.87. The highest BCUT2D eigenvalue weighted by atomic mass is 35.5. The molecule has 2 rings (SSSR count). The number of benzene rings is 1. The Balaban J connectivity index is 2.33. The molecule has 1 heterocycles. The number of nitrogens with one attached hydrogen (secondary N) is 1. The molecule has 0 unspecified atom stereocenters. The van der Waals surface area contributed by atoms with Crippen molar-refractivity contribution in [1.82, 2.24) is 4.98 Å². The molecule has 7 heteroatoms. The van der Waals surface area contributed by atoms with Gasteiger partial charge in [-0.25, -0.2) is 15.2 Å². The summed E-state index contributed by atoms with van der Waals surface area (Å²) in [5, 5.41) is 0.211. The number of hydrogen-bond donors (Lipinski definition) is 2. The Labute approximate surface area is 120 Å². The van der Waals surface area contributed by atoms with Gasteiger partial charge in [-0.2, -0.15) is 0 Å². The fourth-order valence-electron chi connectivity index (χ4n) is 1.61. The number of hydrazine groups is 1. The zero-order chi connectivity index (χ0) is 14.7. The molecule has 0 saturated carbocycles. The van der Waals surface area contributed by atoms with Crippen LogP contribution in [0.2, 0.25) is 5.02 Å². The molecule has 1 amide bonds. The molecule has 0 aliphatic rings. The summed E-state index contributed by atoms with van der Waals surface area (Å²) in [4.78, 5) is 17.7. The van der Waals surface area contributed by atoms with Crippen LogP contribution in [0.15, 0.2) is 36.4 Å². The monoisotopic (exact) mass is 294 g/mol. The molecule has 0 saturated heterocycles. The molecule has 0 aliphatic carbocycles. The molecule has 1 aromatic heterocycles. The molecule has 3 N–H and O–H groups in total. The molecule has 2 aromatic rings. The third-order valence-electron chi connectivity index (χ3n) is 2.72. The van der Waals surface area contributed by atoms with E-state index in [1.165, 1.54) is 35.2 Å². The first-order valence-corrected chi connectivity index (χ1v) is 6.07. The van der Waals surface area contributed by atoms with Crippen molar-refractivity contribution in [2.45, 2.75) is 0 Å². The molecule has 104 valence electrons. The van der Waals surface area contributed by atoms with Gasteiger partial charge in [-0.1, -0.05) is 11.6 Å². The normalized spacial score (nSPS) is 10.2. The van der Waals surface area contributed by atoms with Gasteiger partial charge in [-0.05, 0) is 36.4 Å². The highest BCUT2D eigenvalue weighted by Crippen LogP contribution is 2.21. The van der Waals surface area contributed by atoms with Gasteiger partial charge in [0.15, 0.2) is 0 Å². The summed E-state index contributed by atoms with van der Waals surface area (Å²) in [6.07, 6.45) is 0.